The van der Waals surface area contributed by atoms with Crippen molar-refractivity contribution in [2.45, 2.75) is 12.8 Å². The molecule has 0 unspecified atom stereocenters. The third-order valence-corrected chi connectivity index (χ3v) is 1.85. The molecule has 12 heavy (non-hydrogen) atoms. The Morgan fingerprint density at radius 1 is 1.08 bits per heavy atom. The maximum atomic E-state index is 2.36. The first-order valence-electron chi connectivity index (χ1n) is 3.85. The maximum Gasteiger partial charge on any atom is 1.00 e. The van der Waals surface area contributed by atoms with E-state index < -0.39 is 0 Å². The molecular formula is C10H13LiO. The molecule has 1 nitrogen and oxygen atoms in total. The van der Waals surface area contributed by atoms with Crippen LogP contribution in [0.3, 0.4) is 0 Å². The summed E-state index contributed by atoms with van der Waals surface area (Å²) in [7, 11) is 0. The molecule has 0 atom stereocenters. The summed E-state index contributed by atoms with van der Waals surface area (Å²) in [6.07, 6.45) is 5.16. The fourth-order valence-electron chi connectivity index (χ4n) is 1.10. The van der Waals surface area contributed by atoms with Crippen LogP contribution in [0.2, 0.25) is 0 Å². The Balaban J connectivity index is 0.000000605. The van der Waals surface area contributed by atoms with Crippen LogP contribution in [0.25, 0.3) is 0 Å². The van der Waals surface area contributed by atoms with Crippen molar-refractivity contribution >= 4 is 0 Å². The van der Waals surface area contributed by atoms with Gasteiger partial charge in [-0.15, -0.1) is 12.1 Å². The molecule has 0 spiro atoms. The second-order valence-electron chi connectivity index (χ2n) is 2.91. The SMILES string of the molecule is O.[Li+].c1ccc([CH-]C2CC2)cc1. The van der Waals surface area contributed by atoms with Crippen LogP contribution in [0.4, 0.5) is 0 Å². The van der Waals surface area contributed by atoms with Gasteiger partial charge in [-0.2, -0.15) is 24.1 Å². The van der Waals surface area contributed by atoms with Gasteiger partial charge in [0.1, 0.15) is 0 Å². The van der Waals surface area contributed by atoms with E-state index in [1.54, 1.807) is 0 Å². The average Bonchev–Trinajstić information content (AvgIpc) is 2.74. The minimum absolute atomic E-state index is 0. The van der Waals surface area contributed by atoms with Crippen LogP contribution in [-0.2, 0) is 0 Å². The molecule has 0 aromatic heterocycles. The van der Waals surface area contributed by atoms with Gasteiger partial charge in [0.2, 0.25) is 0 Å². The van der Waals surface area contributed by atoms with Gasteiger partial charge in [-0.25, -0.2) is 0 Å². The van der Waals surface area contributed by atoms with Crippen LogP contribution >= 0.6 is 0 Å². The van der Waals surface area contributed by atoms with E-state index in [9.17, 15) is 0 Å². The monoisotopic (exact) mass is 156 g/mol. The zero-order valence-electron chi connectivity index (χ0n) is 7.46. The number of hydrogen-bond donors (Lipinski definition) is 0. The van der Waals surface area contributed by atoms with E-state index in [1.807, 2.05) is 0 Å². The Morgan fingerprint density at radius 3 is 2.17 bits per heavy atom. The Kier molecular flexibility index (Phi) is 5.16. The van der Waals surface area contributed by atoms with Crippen molar-refractivity contribution in [1.82, 2.24) is 0 Å². The number of benzene rings is 1. The molecule has 1 aromatic rings. The summed E-state index contributed by atoms with van der Waals surface area (Å²) < 4.78 is 0. The van der Waals surface area contributed by atoms with Crippen molar-refractivity contribution in [2.24, 2.45) is 5.92 Å². The Bertz CT molecular complexity index is 206. The van der Waals surface area contributed by atoms with Crippen molar-refractivity contribution in [1.29, 1.82) is 0 Å². The van der Waals surface area contributed by atoms with Gasteiger partial charge in [-0.05, 0) is 0 Å². The molecule has 0 saturated heterocycles. The van der Waals surface area contributed by atoms with Crippen molar-refractivity contribution in [3.8, 4) is 0 Å². The molecule has 1 aliphatic rings. The molecule has 1 aliphatic carbocycles. The fraction of sp³-hybridized carbons (Fsp3) is 0.300. The quantitative estimate of drug-likeness (QED) is 0.381. The van der Waals surface area contributed by atoms with Crippen molar-refractivity contribution in [3.05, 3.63) is 42.3 Å². The predicted octanol–water partition coefficient (Wildman–Crippen LogP) is -1.17. The maximum absolute atomic E-state index is 2.36. The van der Waals surface area contributed by atoms with Gasteiger partial charge in [0, 0.05) is 0 Å². The molecule has 1 aromatic carbocycles. The first-order chi connectivity index (χ1) is 4.95. The number of hydrogen-bond acceptors (Lipinski definition) is 0. The third-order valence-electron chi connectivity index (χ3n) is 1.85. The molecule has 0 heterocycles. The van der Waals surface area contributed by atoms with Crippen LogP contribution in [-0.4, -0.2) is 5.48 Å². The molecule has 0 radical (unpaired) electrons. The van der Waals surface area contributed by atoms with E-state index in [-0.39, 0.29) is 24.3 Å². The molecule has 0 amide bonds. The topological polar surface area (TPSA) is 31.5 Å². The molecule has 60 valence electrons. The summed E-state index contributed by atoms with van der Waals surface area (Å²) in [4.78, 5) is 0. The molecule has 2 N–H and O–H groups in total. The van der Waals surface area contributed by atoms with E-state index in [0.29, 0.717) is 0 Å². The summed E-state index contributed by atoms with van der Waals surface area (Å²) in [5.74, 6) is 0.891. The zero-order valence-corrected chi connectivity index (χ0v) is 7.46. The summed E-state index contributed by atoms with van der Waals surface area (Å²) in [6.45, 7) is 0. The van der Waals surface area contributed by atoms with Gasteiger partial charge in [0.25, 0.3) is 0 Å². The van der Waals surface area contributed by atoms with Crippen molar-refractivity contribution in [3.63, 3.8) is 0 Å². The summed E-state index contributed by atoms with van der Waals surface area (Å²) in [5.41, 5.74) is 1.38. The second kappa shape index (κ2) is 5.32. The summed E-state index contributed by atoms with van der Waals surface area (Å²) in [6, 6.07) is 10.6. The molecule has 1 fully saturated rings. The summed E-state index contributed by atoms with van der Waals surface area (Å²) >= 11 is 0. The smallest absolute Gasteiger partial charge is 0.412 e. The minimum atomic E-state index is 0. The van der Waals surface area contributed by atoms with Crippen LogP contribution in [0.15, 0.2) is 30.3 Å². The number of rotatable bonds is 2. The van der Waals surface area contributed by atoms with E-state index >= 15 is 0 Å². The Labute approximate surface area is 85.7 Å². The first kappa shape index (κ1) is 11.6. The predicted molar refractivity (Wildman–Crippen MR) is 46.2 cm³/mol. The molecule has 1 saturated carbocycles. The zero-order chi connectivity index (χ0) is 6.81. The molecular weight excluding hydrogens is 143 g/mol. The second-order valence-corrected chi connectivity index (χ2v) is 2.91. The van der Waals surface area contributed by atoms with Crippen molar-refractivity contribution < 1.29 is 24.3 Å². The van der Waals surface area contributed by atoms with Gasteiger partial charge < -0.3 is 5.48 Å². The molecule has 0 bridgehead atoms. The van der Waals surface area contributed by atoms with E-state index in [4.69, 9.17) is 0 Å². The summed E-state index contributed by atoms with van der Waals surface area (Å²) in [5, 5.41) is 0. The molecule has 2 heteroatoms. The van der Waals surface area contributed by atoms with Crippen LogP contribution in [0.1, 0.15) is 18.4 Å². The standard InChI is InChI=1S/C10H11.Li.H2O/c1-2-4-9(5-3-1)8-10-6-7-10;;/h1-5,8,10H,6-7H2;;1H2/q-1;+1;. The van der Waals surface area contributed by atoms with Crippen LogP contribution < -0.4 is 18.9 Å². The van der Waals surface area contributed by atoms with Gasteiger partial charge >= 0.3 is 18.9 Å². The van der Waals surface area contributed by atoms with E-state index in [2.05, 4.69) is 36.8 Å². The molecule has 2 rings (SSSR count). The van der Waals surface area contributed by atoms with Gasteiger partial charge in [-0.1, -0.05) is 24.8 Å². The van der Waals surface area contributed by atoms with Crippen LogP contribution in [0, 0.1) is 12.3 Å². The van der Waals surface area contributed by atoms with Gasteiger partial charge in [0.15, 0.2) is 0 Å². The van der Waals surface area contributed by atoms with Crippen molar-refractivity contribution in [2.75, 3.05) is 0 Å². The third kappa shape index (κ3) is 3.36. The Morgan fingerprint density at radius 2 is 1.67 bits per heavy atom. The first-order valence-corrected chi connectivity index (χ1v) is 3.85. The largest absolute Gasteiger partial charge is 1.00 e. The van der Waals surface area contributed by atoms with Gasteiger partial charge in [-0.3, -0.25) is 0 Å². The van der Waals surface area contributed by atoms with E-state index in [1.165, 1.54) is 18.4 Å². The average molecular weight is 156 g/mol. The minimum Gasteiger partial charge on any atom is -0.412 e. The Hall–Kier alpha value is -0.353. The van der Waals surface area contributed by atoms with E-state index in [0.717, 1.165) is 5.92 Å². The normalized spacial score (nSPS) is 14.0. The van der Waals surface area contributed by atoms with Gasteiger partial charge in [0.05, 0.1) is 0 Å². The molecule has 0 aliphatic heterocycles. The van der Waals surface area contributed by atoms with Crippen LogP contribution in [0.5, 0.6) is 0 Å². The fourth-order valence-corrected chi connectivity index (χ4v) is 1.10.